The third-order valence-corrected chi connectivity index (χ3v) is 4.18. The quantitative estimate of drug-likeness (QED) is 0.824. The van der Waals surface area contributed by atoms with Crippen LogP contribution in [-0.4, -0.2) is 0 Å². The Kier molecular flexibility index (Phi) is 4.78. The van der Waals surface area contributed by atoms with Gasteiger partial charge in [-0.3, -0.25) is 0 Å². The van der Waals surface area contributed by atoms with Crippen LogP contribution in [0.15, 0.2) is 56.7 Å². The molecular formula is C14H11BrF3NS. The zero-order valence-corrected chi connectivity index (χ0v) is 12.6. The van der Waals surface area contributed by atoms with Crippen LogP contribution in [0.5, 0.6) is 0 Å². The minimum atomic E-state index is -4.38. The van der Waals surface area contributed by atoms with Gasteiger partial charge in [-0.2, -0.15) is 13.2 Å². The molecule has 106 valence electrons. The first kappa shape index (κ1) is 15.4. The van der Waals surface area contributed by atoms with Crippen molar-refractivity contribution in [2.75, 3.05) is 0 Å². The standard InChI is InChI=1S/C14H11BrF3NS/c15-10-2-5-11(6-3-10)20-12-4-1-9(8-19)13(7-12)14(16,17)18/h1-7H,8,19H2. The Bertz CT molecular complexity index is 596. The average molecular weight is 362 g/mol. The van der Waals surface area contributed by atoms with Gasteiger partial charge in [0.15, 0.2) is 0 Å². The molecule has 0 aliphatic rings. The summed E-state index contributed by atoms with van der Waals surface area (Å²) in [5.74, 6) is 0. The Labute approximate surface area is 127 Å². The van der Waals surface area contributed by atoms with Gasteiger partial charge in [-0.25, -0.2) is 0 Å². The van der Waals surface area contributed by atoms with Crippen LogP contribution in [0.1, 0.15) is 11.1 Å². The SMILES string of the molecule is NCc1ccc(Sc2ccc(Br)cc2)cc1C(F)(F)F. The number of nitrogens with two attached hydrogens (primary N) is 1. The summed E-state index contributed by atoms with van der Waals surface area (Å²) in [6.07, 6.45) is -4.38. The molecule has 0 saturated carbocycles. The smallest absolute Gasteiger partial charge is 0.326 e. The van der Waals surface area contributed by atoms with E-state index in [1.165, 1.54) is 17.8 Å². The lowest BCUT2D eigenvalue weighted by Gasteiger charge is -2.13. The number of alkyl halides is 3. The summed E-state index contributed by atoms with van der Waals surface area (Å²) in [5.41, 5.74) is 4.80. The molecule has 1 nitrogen and oxygen atoms in total. The van der Waals surface area contributed by atoms with E-state index in [0.29, 0.717) is 4.90 Å². The molecule has 2 N–H and O–H groups in total. The Morgan fingerprint density at radius 3 is 2.15 bits per heavy atom. The molecule has 0 radical (unpaired) electrons. The van der Waals surface area contributed by atoms with Crippen LogP contribution in [0.2, 0.25) is 0 Å². The van der Waals surface area contributed by atoms with Gasteiger partial charge >= 0.3 is 6.18 Å². The predicted octanol–water partition coefficient (Wildman–Crippen LogP) is 5.08. The van der Waals surface area contributed by atoms with Crippen molar-refractivity contribution in [3.8, 4) is 0 Å². The summed E-state index contributed by atoms with van der Waals surface area (Å²) in [6, 6.07) is 11.6. The van der Waals surface area contributed by atoms with E-state index in [1.54, 1.807) is 6.07 Å². The number of rotatable bonds is 3. The van der Waals surface area contributed by atoms with Crippen molar-refractivity contribution in [3.05, 3.63) is 58.1 Å². The average Bonchev–Trinajstić information content (AvgIpc) is 2.40. The fraction of sp³-hybridized carbons (Fsp3) is 0.143. The first-order valence-electron chi connectivity index (χ1n) is 5.74. The number of halogens is 4. The van der Waals surface area contributed by atoms with Crippen LogP contribution in [0, 0.1) is 0 Å². The Hall–Kier alpha value is -0.980. The normalized spacial score (nSPS) is 11.7. The fourth-order valence-corrected chi connectivity index (χ4v) is 2.82. The second-order valence-corrected chi connectivity index (χ2v) is 6.14. The Morgan fingerprint density at radius 1 is 1.00 bits per heavy atom. The molecule has 0 heterocycles. The van der Waals surface area contributed by atoms with E-state index in [9.17, 15) is 13.2 Å². The van der Waals surface area contributed by atoms with Gasteiger partial charge in [0.05, 0.1) is 5.56 Å². The van der Waals surface area contributed by atoms with E-state index in [2.05, 4.69) is 15.9 Å². The van der Waals surface area contributed by atoms with E-state index in [1.807, 2.05) is 24.3 Å². The molecule has 0 atom stereocenters. The van der Waals surface area contributed by atoms with Gasteiger partial charge in [-0.15, -0.1) is 0 Å². The fourth-order valence-electron chi connectivity index (χ4n) is 1.70. The molecule has 0 aliphatic heterocycles. The molecule has 0 bridgehead atoms. The van der Waals surface area contributed by atoms with Crippen molar-refractivity contribution in [1.82, 2.24) is 0 Å². The van der Waals surface area contributed by atoms with Gasteiger partial charge < -0.3 is 5.73 Å². The minimum absolute atomic E-state index is 0.109. The third-order valence-electron chi connectivity index (χ3n) is 2.66. The van der Waals surface area contributed by atoms with Crippen LogP contribution in [0.4, 0.5) is 13.2 Å². The lowest BCUT2D eigenvalue weighted by atomic mass is 10.1. The van der Waals surface area contributed by atoms with Crippen LogP contribution >= 0.6 is 27.7 Å². The van der Waals surface area contributed by atoms with Crippen LogP contribution in [-0.2, 0) is 12.7 Å². The second kappa shape index (κ2) is 6.20. The molecule has 2 rings (SSSR count). The van der Waals surface area contributed by atoms with Crippen molar-refractivity contribution in [2.45, 2.75) is 22.5 Å². The predicted molar refractivity (Wildman–Crippen MR) is 77.6 cm³/mol. The lowest BCUT2D eigenvalue weighted by Crippen LogP contribution is -2.11. The van der Waals surface area contributed by atoms with Gasteiger partial charge in [0, 0.05) is 20.8 Å². The molecule has 6 heteroatoms. The molecule has 0 amide bonds. The van der Waals surface area contributed by atoms with Crippen molar-refractivity contribution >= 4 is 27.7 Å². The van der Waals surface area contributed by atoms with Crippen molar-refractivity contribution < 1.29 is 13.2 Å². The van der Waals surface area contributed by atoms with E-state index in [4.69, 9.17) is 5.73 Å². The van der Waals surface area contributed by atoms with Crippen LogP contribution in [0.25, 0.3) is 0 Å². The topological polar surface area (TPSA) is 26.0 Å². The molecule has 2 aromatic carbocycles. The summed E-state index contributed by atoms with van der Waals surface area (Å²) < 4.78 is 39.7. The maximum absolute atomic E-state index is 12.9. The molecule has 0 spiro atoms. The van der Waals surface area contributed by atoms with Crippen LogP contribution in [0.3, 0.4) is 0 Å². The number of hydrogen-bond donors (Lipinski definition) is 1. The number of hydrogen-bond acceptors (Lipinski definition) is 2. The molecule has 0 unspecified atom stereocenters. The van der Waals surface area contributed by atoms with Gasteiger partial charge in [0.2, 0.25) is 0 Å². The monoisotopic (exact) mass is 361 g/mol. The maximum Gasteiger partial charge on any atom is 0.416 e. The molecule has 20 heavy (non-hydrogen) atoms. The largest absolute Gasteiger partial charge is 0.416 e. The highest BCUT2D eigenvalue weighted by molar-refractivity contribution is 9.10. The highest BCUT2D eigenvalue weighted by atomic mass is 79.9. The van der Waals surface area contributed by atoms with Crippen molar-refractivity contribution in [3.63, 3.8) is 0 Å². The Balaban J connectivity index is 2.31. The molecular weight excluding hydrogens is 351 g/mol. The maximum atomic E-state index is 12.9. The van der Waals surface area contributed by atoms with Gasteiger partial charge in [-0.1, -0.05) is 33.8 Å². The van der Waals surface area contributed by atoms with Crippen molar-refractivity contribution in [2.24, 2.45) is 5.73 Å². The lowest BCUT2D eigenvalue weighted by molar-refractivity contribution is -0.138. The molecule has 2 aromatic rings. The summed E-state index contributed by atoms with van der Waals surface area (Å²) >= 11 is 4.60. The van der Waals surface area contributed by atoms with Gasteiger partial charge in [0.25, 0.3) is 0 Å². The summed E-state index contributed by atoms with van der Waals surface area (Å²) in [4.78, 5) is 1.42. The third kappa shape index (κ3) is 3.77. The zero-order chi connectivity index (χ0) is 14.8. The first-order valence-corrected chi connectivity index (χ1v) is 7.34. The highest BCUT2D eigenvalue weighted by Crippen LogP contribution is 2.36. The summed E-state index contributed by atoms with van der Waals surface area (Å²) in [7, 11) is 0. The molecule has 0 aliphatic carbocycles. The zero-order valence-electron chi connectivity index (χ0n) is 10.2. The van der Waals surface area contributed by atoms with E-state index in [0.717, 1.165) is 15.4 Å². The van der Waals surface area contributed by atoms with Gasteiger partial charge in [-0.05, 0) is 42.0 Å². The number of benzene rings is 2. The van der Waals surface area contributed by atoms with Crippen LogP contribution < -0.4 is 5.73 Å². The molecule has 0 fully saturated rings. The van der Waals surface area contributed by atoms with E-state index >= 15 is 0 Å². The molecule has 0 saturated heterocycles. The molecule has 0 aromatic heterocycles. The highest BCUT2D eigenvalue weighted by Gasteiger charge is 2.33. The van der Waals surface area contributed by atoms with Gasteiger partial charge in [0.1, 0.15) is 0 Å². The first-order chi connectivity index (χ1) is 9.40. The van der Waals surface area contributed by atoms with E-state index < -0.39 is 11.7 Å². The Morgan fingerprint density at radius 2 is 1.60 bits per heavy atom. The summed E-state index contributed by atoms with van der Waals surface area (Å²) in [6.45, 7) is -0.127. The second-order valence-electron chi connectivity index (χ2n) is 4.08. The van der Waals surface area contributed by atoms with E-state index in [-0.39, 0.29) is 12.1 Å². The summed E-state index contributed by atoms with van der Waals surface area (Å²) in [5, 5.41) is 0. The minimum Gasteiger partial charge on any atom is -0.326 e. The van der Waals surface area contributed by atoms with Crippen molar-refractivity contribution in [1.29, 1.82) is 0 Å².